The number of pyridine rings is 1. The maximum absolute atomic E-state index is 9.73. The van der Waals surface area contributed by atoms with E-state index in [1.54, 1.807) is 0 Å². The van der Waals surface area contributed by atoms with E-state index in [2.05, 4.69) is 87.6 Å². The topological polar surface area (TPSA) is 40.8 Å². The van der Waals surface area contributed by atoms with Gasteiger partial charge in [-0.15, -0.1) is 0 Å². The van der Waals surface area contributed by atoms with E-state index in [1.165, 1.54) is 16.4 Å². The largest absolute Gasteiger partial charge is 0.454 e. The molecule has 0 fully saturated rings. The summed E-state index contributed by atoms with van der Waals surface area (Å²) in [6.45, 7) is 11.5. The van der Waals surface area contributed by atoms with Crippen LogP contribution in [0.2, 0.25) is 19.6 Å². The predicted octanol–water partition coefficient (Wildman–Crippen LogP) is 6.78. The number of nitrogens with zero attached hydrogens (tertiary/aromatic N) is 2. The molecule has 0 atom stereocenters. The number of aromatic nitrogens is 1. The lowest BCUT2D eigenvalue weighted by molar-refractivity contribution is -0.665. The molecule has 34 heavy (non-hydrogen) atoms. The molecule has 0 aliphatic heterocycles. The van der Waals surface area contributed by atoms with Gasteiger partial charge in [0, 0.05) is 34.5 Å². The molecule has 0 saturated heterocycles. The Bertz CT molecular complexity index is 1620. The molecule has 0 amide bonds. The summed E-state index contributed by atoms with van der Waals surface area (Å²) in [7, 11) is 0.694. The lowest BCUT2D eigenvalue weighted by Crippen LogP contribution is -2.49. The summed E-state index contributed by atoms with van der Waals surface area (Å²) in [6, 6.07) is 25.2. The lowest BCUT2D eigenvalue weighted by atomic mass is 9.97. The van der Waals surface area contributed by atoms with Crippen molar-refractivity contribution in [3.8, 4) is 28.5 Å². The molecule has 0 spiro atoms. The molecule has 3 nitrogen and oxygen atoms in total. The van der Waals surface area contributed by atoms with E-state index in [4.69, 9.17) is 4.42 Å². The molecule has 0 unspecified atom stereocenters. The summed E-state index contributed by atoms with van der Waals surface area (Å²) in [5, 5.41) is 13.2. The van der Waals surface area contributed by atoms with Crippen molar-refractivity contribution in [2.45, 2.75) is 33.5 Å². The first kappa shape index (κ1) is 22.1. The Labute approximate surface area is 201 Å². The molecule has 2 heterocycles. The Balaban J connectivity index is 1.87. The highest BCUT2D eigenvalue weighted by molar-refractivity contribution is 6.88. The molecule has 4 heteroatoms. The van der Waals surface area contributed by atoms with Crippen LogP contribution in [0.25, 0.3) is 44.3 Å². The van der Waals surface area contributed by atoms with Gasteiger partial charge in [-0.3, -0.25) is 0 Å². The number of fused-ring (bicyclic) bond motifs is 3. The van der Waals surface area contributed by atoms with Gasteiger partial charge in [0.1, 0.15) is 18.2 Å². The van der Waals surface area contributed by atoms with Gasteiger partial charge in [0.2, 0.25) is 5.69 Å². The number of nitriles is 1. The molecule has 0 aliphatic rings. The maximum Gasteiger partial charge on any atom is 0.216 e. The highest BCUT2D eigenvalue weighted by Gasteiger charge is 2.28. The smallest absolute Gasteiger partial charge is 0.216 e. The van der Waals surface area contributed by atoms with Crippen molar-refractivity contribution in [1.29, 1.82) is 5.26 Å². The minimum atomic E-state index is -1.46. The molecule has 3 aromatic carbocycles. The van der Waals surface area contributed by atoms with E-state index in [0.717, 1.165) is 44.3 Å². The number of benzene rings is 3. The van der Waals surface area contributed by atoms with Crippen LogP contribution in [-0.4, -0.2) is 8.07 Å². The minimum absolute atomic E-state index is 0.636. The normalized spacial score (nSPS) is 11.8. The van der Waals surface area contributed by atoms with Crippen LogP contribution in [0, 0.1) is 25.2 Å². The molecule has 0 N–H and O–H groups in total. The van der Waals surface area contributed by atoms with Crippen LogP contribution in [0.3, 0.4) is 0 Å². The molecule has 0 aliphatic carbocycles. The van der Waals surface area contributed by atoms with Gasteiger partial charge in [-0.2, -0.15) is 9.83 Å². The third-order valence-electron chi connectivity index (χ3n) is 6.89. The van der Waals surface area contributed by atoms with E-state index in [9.17, 15) is 5.26 Å². The Morgan fingerprint density at radius 3 is 2.26 bits per heavy atom. The van der Waals surface area contributed by atoms with Crippen LogP contribution in [0.5, 0.6) is 0 Å². The number of rotatable bonds is 3. The number of aryl methyl sites for hydroxylation is 1. The number of hydrogen-bond acceptors (Lipinski definition) is 2. The second-order valence-electron chi connectivity index (χ2n) is 10.1. The van der Waals surface area contributed by atoms with E-state index in [0.29, 0.717) is 5.56 Å². The SMILES string of the molecule is Cc1ccc2c(oc3c(-c4ccccc4)cc(C#N)cc32)c1-c1ccc([Si](C)(C)C)c(C)[n+]1C. The molecular formula is C30H29N2OSi+. The molecule has 168 valence electrons. The number of hydrogen-bond donors (Lipinski definition) is 0. The van der Waals surface area contributed by atoms with Crippen LogP contribution >= 0.6 is 0 Å². The van der Waals surface area contributed by atoms with Crippen molar-refractivity contribution >= 4 is 35.2 Å². The monoisotopic (exact) mass is 461 g/mol. The molecule has 0 bridgehead atoms. The Hall–Kier alpha value is -3.68. The van der Waals surface area contributed by atoms with Crippen molar-refractivity contribution < 1.29 is 8.98 Å². The zero-order valence-corrected chi connectivity index (χ0v) is 21.7. The van der Waals surface area contributed by atoms with Gasteiger partial charge in [-0.05, 0) is 30.2 Å². The van der Waals surface area contributed by atoms with Gasteiger partial charge < -0.3 is 4.42 Å². The molecule has 0 saturated carbocycles. The van der Waals surface area contributed by atoms with Crippen molar-refractivity contribution in [3.63, 3.8) is 0 Å². The van der Waals surface area contributed by atoms with Crippen LogP contribution in [0.15, 0.2) is 71.1 Å². The van der Waals surface area contributed by atoms with Gasteiger partial charge in [0.25, 0.3) is 0 Å². The average molecular weight is 462 g/mol. The summed E-state index contributed by atoms with van der Waals surface area (Å²) >= 11 is 0. The van der Waals surface area contributed by atoms with Crippen LogP contribution in [0.4, 0.5) is 0 Å². The van der Waals surface area contributed by atoms with E-state index >= 15 is 0 Å². The third kappa shape index (κ3) is 3.45. The summed E-state index contributed by atoms with van der Waals surface area (Å²) in [4.78, 5) is 0. The highest BCUT2D eigenvalue weighted by atomic mass is 28.3. The summed E-state index contributed by atoms with van der Waals surface area (Å²) in [5.74, 6) is 0. The minimum Gasteiger partial charge on any atom is -0.454 e. The van der Waals surface area contributed by atoms with Gasteiger partial charge >= 0.3 is 0 Å². The summed E-state index contributed by atoms with van der Waals surface area (Å²) < 4.78 is 8.99. The first-order valence-electron chi connectivity index (χ1n) is 11.7. The molecule has 2 aromatic heterocycles. The Kier molecular flexibility index (Phi) is 5.19. The first-order chi connectivity index (χ1) is 16.2. The molecule has 5 aromatic rings. The molecular weight excluding hydrogens is 432 g/mol. The Morgan fingerprint density at radius 2 is 1.59 bits per heavy atom. The predicted molar refractivity (Wildman–Crippen MR) is 143 cm³/mol. The fraction of sp³-hybridized carbons (Fsp3) is 0.200. The highest BCUT2D eigenvalue weighted by Crippen LogP contribution is 2.41. The lowest BCUT2D eigenvalue weighted by Gasteiger charge is -2.18. The zero-order valence-electron chi connectivity index (χ0n) is 20.7. The van der Waals surface area contributed by atoms with Crippen LogP contribution < -0.4 is 9.75 Å². The summed E-state index contributed by atoms with van der Waals surface area (Å²) in [6.07, 6.45) is 0. The third-order valence-corrected chi connectivity index (χ3v) is 9.03. The van der Waals surface area contributed by atoms with Crippen LogP contribution in [-0.2, 0) is 7.05 Å². The fourth-order valence-electron chi connectivity index (χ4n) is 5.05. The fourth-order valence-corrected chi connectivity index (χ4v) is 6.89. The standard InChI is InChI=1S/C30H29N2OSi/c1-19-12-13-23-25-17-21(18-31)16-24(22-10-8-7-9-11-22)29(25)33-30(23)28(19)26-14-15-27(34(4,5)6)20(2)32(26)3/h7-17H,1-6H3/q+1. The Morgan fingerprint density at radius 1 is 0.853 bits per heavy atom. The number of furan rings is 1. The van der Waals surface area contributed by atoms with Crippen molar-refractivity contribution in [1.82, 2.24) is 0 Å². The second kappa shape index (κ2) is 7.97. The maximum atomic E-state index is 9.73. The second-order valence-corrected chi connectivity index (χ2v) is 15.2. The van der Waals surface area contributed by atoms with Crippen molar-refractivity contribution in [2.24, 2.45) is 7.05 Å². The van der Waals surface area contributed by atoms with Crippen molar-refractivity contribution in [3.05, 3.63) is 83.6 Å². The average Bonchev–Trinajstić information content (AvgIpc) is 3.18. The van der Waals surface area contributed by atoms with E-state index in [-0.39, 0.29) is 0 Å². The van der Waals surface area contributed by atoms with Gasteiger partial charge in [-0.1, -0.05) is 68.2 Å². The molecule has 0 radical (unpaired) electrons. The van der Waals surface area contributed by atoms with Gasteiger partial charge in [0.05, 0.1) is 25.3 Å². The van der Waals surface area contributed by atoms with Gasteiger partial charge in [-0.25, -0.2) is 0 Å². The zero-order chi connectivity index (χ0) is 24.2. The van der Waals surface area contributed by atoms with Crippen molar-refractivity contribution in [2.75, 3.05) is 0 Å². The first-order valence-corrected chi connectivity index (χ1v) is 15.2. The summed E-state index contributed by atoms with van der Waals surface area (Å²) in [5.41, 5.74) is 9.06. The molecule has 5 rings (SSSR count). The van der Waals surface area contributed by atoms with E-state index in [1.807, 2.05) is 30.3 Å². The van der Waals surface area contributed by atoms with Gasteiger partial charge in [0.15, 0.2) is 5.69 Å². The van der Waals surface area contributed by atoms with E-state index < -0.39 is 8.07 Å². The van der Waals surface area contributed by atoms with Crippen LogP contribution in [0.1, 0.15) is 16.8 Å². The quantitative estimate of drug-likeness (QED) is 0.219.